The van der Waals surface area contributed by atoms with Gasteiger partial charge in [-0.1, -0.05) is 37.4 Å². The fourth-order valence-electron chi connectivity index (χ4n) is 3.25. The molecule has 29 heavy (non-hydrogen) atoms. The molecule has 4 rings (SSSR count). The third kappa shape index (κ3) is 4.28. The van der Waals surface area contributed by atoms with Gasteiger partial charge in [-0.3, -0.25) is 13.7 Å². The molecular weight excluding hydrogens is 426 g/mol. The summed E-state index contributed by atoms with van der Waals surface area (Å²) in [5.74, 6) is 0. The summed E-state index contributed by atoms with van der Waals surface area (Å²) in [7, 11) is 0. The summed E-state index contributed by atoms with van der Waals surface area (Å²) in [6, 6.07) is 9.49. The third-order valence-electron chi connectivity index (χ3n) is 4.63. The molecule has 1 fully saturated rings. The highest BCUT2D eigenvalue weighted by Gasteiger charge is 2.28. The average molecular weight is 448 g/mol. The van der Waals surface area contributed by atoms with Crippen LogP contribution in [0.1, 0.15) is 31.9 Å². The smallest absolute Gasteiger partial charge is 0.281 e. The Kier molecular flexibility index (Phi) is 7.19. The molecule has 9 heteroatoms. The second kappa shape index (κ2) is 9.63. The Morgan fingerprint density at radius 1 is 1.38 bits per heavy atom. The topological polar surface area (TPSA) is 74.0 Å². The summed E-state index contributed by atoms with van der Waals surface area (Å²) in [4.78, 5) is 17.1. The first-order valence-electron chi connectivity index (χ1n) is 9.37. The molecule has 152 valence electrons. The summed E-state index contributed by atoms with van der Waals surface area (Å²) in [6.07, 6.45) is 4.64. The van der Waals surface area contributed by atoms with Crippen molar-refractivity contribution in [3.8, 4) is 6.07 Å². The Bertz CT molecular complexity index is 1100. The summed E-state index contributed by atoms with van der Waals surface area (Å²) < 4.78 is 3.94. The van der Waals surface area contributed by atoms with Gasteiger partial charge in [0.25, 0.3) is 5.56 Å². The van der Waals surface area contributed by atoms with Crippen molar-refractivity contribution in [2.24, 2.45) is 0 Å². The Morgan fingerprint density at radius 3 is 2.86 bits per heavy atom. The highest BCUT2D eigenvalue weighted by atomic mass is 35.5. The Balaban J connectivity index is 0.00000117. The number of hydrogen-bond donors (Lipinski definition) is 1. The predicted molar refractivity (Wildman–Crippen MR) is 123 cm³/mol. The van der Waals surface area contributed by atoms with Gasteiger partial charge >= 0.3 is 0 Å². The summed E-state index contributed by atoms with van der Waals surface area (Å²) in [6.45, 7) is 5.73. The van der Waals surface area contributed by atoms with E-state index in [1.807, 2.05) is 38.3 Å². The van der Waals surface area contributed by atoms with Crippen LogP contribution in [0.25, 0.3) is 10.9 Å². The highest BCUT2D eigenvalue weighted by Crippen LogP contribution is 2.36. The van der Waals surface area contributed by atoms with Gasteiger partial charge in [0.2, 0.25) is 0 Å². The lowest BCUT2D eigenvalue weighted by Gasteiger charge is -2.12. The van der Waals surface area contributed by atoms with E-state index in [0.717, 1.165) is 30.4 Å². The monoisotopic (exact) mass is 447 g/mol. The van der Waals surface area contributed by atoms with Crippen LogP contribution in [0.4, 0.5) is 10.7 Å². The van der Waals surface area contributed by atoms with Crippen molar-refractivity contribution in [3.63, 3.8) is 0 Å². The van der Waals surface area contributed by atoms with Crippen LogP contribution >= 0.6 is 35.1 Å². The van der Waals surface area contributed by atoms with Crippen LogP contribution in [0, 0.1) is 11.3 Å². The fourth-order valence-corrected chi connectivity index (χ4v) is 5.14. The number of fused-ring (bicyclic) bond motifs is 1. The molecular formula is C20H22ClN5OS2. The van der Waals surface area contributed by atoms with E-state index in [1.165, 1.54) is 11.5 Å². The van der Waals surface area contributed by atoms with E-state index in [2.05, 4.69) is 20.7 Å². The minimum atomic E-state index is -0.243. The molecule has 0 spiro atoms. The minimum Gasteiger partial charge on any atom is -0.343 e. The van der Waals surface area contributed by atoms with Gasteiger partial charge in [0.05, 0.1) is 22.3 Å². The lowest BCUT2D eigenvalue weighted by molar-refractivity contribution is 0.521. The van der Waals surface area contributed by atoms with Gasteiger partial charge in [0, 0.05) is 24.7 Å². The molecule has 3 heterocycles. The van der Waals surface area contributed by atoms with Crippen molar-refractivity contribution in [2.75, 3.05) is 24.7 Å². The maximum Gasteiger partial charge on any atom is 0.281 e. The van der Waals surface area contributed by atoms with Crippen molar-refractivity contribution in [3.05, 3.63) is 51.4 Å². The van der Waals surface area contributed by atoms with Gasteiger partial charge in [-0.25, -0.2) is 4.31 Å². The number of hydrogen-bond acceptors (Lipinski definition) is 7. The summed E-state index contributed by atoms with van der Waals surface area (Å²) >= 11 is 9.36. The number of benzene rings is 1. The van der Waals surface area contributed by atoms with Crippen molar-refractivity contribution < 1.29 is 0 Å². The van der Waals surface area contributed by atoms with Gasteiger partial charge in [0.15, 0.2) is 5.56 Å². The summed E-state index contributed by atoms with van der Waals surface area (Å²) in [5.41, 5.74) is 1.33. The number of nitriles is 1. The van der Waals surface area contributed by atoms with Crippen LogP contribution in [0.2, 0.25) is 5.02 Å². The lowest BCUT2D eigenvalue weighted by atomic mass is 10.2. The molecule has 0 bridgehead atoms. The minimum absolute atomic E-state index is 0.0854. The zero-order valence-electron chi connectivity index (χ0n) is 16.5. The van der Waals surface area contributed by atoms with Gasteiger partial charge in [-0.2, -0.15) is 5.26 Å². The first-order valence-corrected chi connectivity index (χ1v) is 11.7. The van der Waals surface area contributed by atoms with E-state index in [-0.39, 0.29) is 17.2 Å². The van der Waals surface area contributed by atoms with Crippen molar-refractivity contribution in [2.45, 2.75) is 26.3 Å². The van der Waals surface area contributed by atoms with E-state index in [4.69, 9.17) is 11.6 Å². The number of nitrogens with zero attached hydrogens (tertiary/aromatic N) is 4. The standard InChI is InChI=1S/C18H16ClN5OS2.C2H6/c1-26-23-8-6-11(10-23)24-18(25)13(9-20)17(27-24)22-16-12-3-2-7-21-15(12)5-4-14(16)19;1-2/h2-5,7,11,22H,6,8,10H2,1H3;1-2H3. The molecule has 1 atom stereocenters. The molecule has 1 N–H and O–H groups in total. The lowest BCUT2D eigenvalue weighted by Crippen LogP contribution is -2.22. The third-order valence-corrected chi connectivity index (χ3v) is 6.94. The van der Waals surface area contributed by atoms with Crippen LogP contribution < -0.4 is 10.9 Å². The maximum atomic E-state index is 12.8. The molecule has 2 aromatic heterocycles. The number of rotatable bonds is 4. The quantitative estimate of drug-likeness (QED) is 0.548. The van der Waals surface area contributed by atoms with Gasteiger partial charge in [-0.15, -0.1) is 0 Å². The van der Waals surface area contributed by atoms with Crippen LogP contribution in [-0.2, 0) is 0 Å². The largest absolute Gasteiger partial charge is 0.343 e. The molecule has 1 aromatic carbocycles. The zero-order chi connectivity index (χ0) is 21.0. The number of halogens is 1. The predicted octanol–water partition coefficient (Wildman–Crippen LogP) is 5.28. The van der Waals surface area contributed by atoms with E-state index < -0.39 is 0 Å². The van der Waals surface area contributed by atoms with Crippen molar-refractivity contribution in [1.29, 1.82) is 5.26 Å². The SMILES string of the molecule is CC.CSN1CCC(n2sc(Nc3c(Cl)ccc4ncccc34)c(C#N)c2=O)C1. The molecule has 6 nitrogen and oxygen atoms in total. The molecule has 1 saturated heterocycles. The average Bonchev–Trinajstić information content (AvgIpc) is 3.35. The second-order valence-corrected chi connectivity index (χ2v) is 8.44. The van der Waals surface area contributed by atoms with E-state index in [1.54, 1.807) is 28.2 Å². The van der Waals surface area contributed by atoms with Crippen molar-refractivity contribution >= 4 is 56.7 Å². The normalized spacial score (nSPS) is 16.3. The molecule has 1 aliphatic rings. The summed E-state index contributed by atoms with van der Waals surface area (Å²) in [5, 5.41) is 14.7. The fraction of sp³-hybridized carbons (Fsp3) is 0.350. The van der Waals surface area contributed by atoms with Crippen LogP contribution in [-0.4, -0.2) is 32.6 Å². The first kappa shape index (κ1) is 21.7. The number of nitrogens with one attached hydrogen (secondary N) is 1. The second-order valence-electron chi connectivity index (χ2n) is 6.17. The molecule has 0 radical (unpaired) electrons. The Labute approximate surface area is 183 Å². The molecule has 0 amide bonds. The van der Waals surface area contributed by atoms with Gasteiger partial charge in [-0.05, 0) is 48.5 Å². The number of pyridine rings is 1. The first-order chi connectivity index (χ1) is 14.1. The molecule has 3 aromatic rings. The number of aromatic nitrogens is 2. The Hall–Kier alpha value is -2.05. The van der Waals surface area contributed by atoms with E-state index in [9.17, 15) is 10.1 Å². The van der Waals surface area contributed by atoms with E-state index in [0.29, 0.717) is 15.7 Å². The van der Waals surface area contributed by atoms with Gasteiger partial charge < -0.3 is 5.32 Å². The van der Waals surface area contributed by atoms with Crippen molar-refractivity contribution in [1.82, 2.24) is 13.2 Å². The number of anilines is 2. The van der Waals surface area contributed by atoms with E-state index >= 15 is 0 Å². The van der Waals surface area contributed by atoms with Gasteiger partial charge in [0.1, 0.15) is 11.1 Å². The van der Waals surface area contributed by atoms with Crippen LogP contribution in [0.3, 0.4) is 0 Å². The highest BCUT2D eigenvalue weighted by molar-refractivity contribution is 7.96. The molecule has 0 saturated carbocycles. The zero-order valence-corrected chi connectivity index (χ0v) is 18.9. The van der Waals surface area contributed by atoms with Crippen LogP contribution in [0.15, 0.2) is 35.3 Å². The van der Waals surface area contributed by atoms with Crippen LogP contribution in [0.5, 0.6) is 0 Å². The maximum absolute atomic E-state index is 12.8. The Morgan fingerprint density at radius 2 is 2.17 bits per heavy atom. The molecule has 1 aliphatic heterocycles. The molecule has 0 aliphatic carbocycles. The molecule has 1 unspecified atom stereocenters.